The van der Waals surface area contributed by atoms with Crippen molar-refractivity contribution in [3.05, 3.63) is 28.2 Å². The largest absolute Gasteiger partial charge is 0.337 e. The third-order valence-corrected chi connectivity index (χ3v) is 7.85. The molecule has 0 aromatic heterocycles. The van der Waals surface area contributed by atoms with Crippen molar-refractivity contribution in [2.24, 2.45) is 0 Å². The van der Waals surface area contributed by atoms with Crippen LogP contribution >= 0.6 is 15.9 Å². The Bertz CT molecular complexity index is 760. The fourth-order valence-corrected chi connectivity index (χ4v) is 5.39. The Morgan fingerprint density at radius 1 is 1.20 bits per heavy atom. The molecule has 25 heavy (non-hydrogen) atoms. The number of sulfonamides is 1. The summed E-state index contributed by atoms with van der Waals surface area (Å²) in [7, 11) is -0.636. The summed E-state index contributed by atoms with van der Waals surface area (Å²) < 4.78 is 26.5. The number of rotatable bonds is 4. The molecule has 1 aromatic rings. The molecule has 0 radical (unpaired) electrons. The van der Waals surface area contributed by atoms with E-state index in [1.165, 1.54) is 33.0 Å². The third-order valence-electron chi connectivity index (χ3n) is 5.04. The van der Waals surface area contributed by atoms with Crippen LogP contribution in [0.4, 0.5) is 0 Å². The van der Waals surface area contributed by atoms with Crippen LogP contribution in [0.25, 0.3) is 0 Å². The van der Waals surface area contributed by atoms with Gasteiger partial charge in [-0.25, -0.2) is 12.7 Å². The van der Waals surface area contributed by atoms with Gasteiger partial charge in [0.25, 0.3) is 5.91 Å². The Morgan fingerprint density at radius 3 is 2.52 bits per heavy atom. The van der Waals surface area contributed by atoms with Gasteiger partial charge in [0.2, 0.25) is 10.0 Å². The van der Waals surface area contributed by atoms with E-state index in [9.17, 15) is 13.2 Å². The maximum atomic E-state index is 12.9. The third kappa shape index (κ3) is 3.77. The van der Waals surface area contributed by atoms with Crippen molar-refractivity contribution < 1.29 is 13.2 Å². The molecule has 0 spiro atoms. The van der Waals surface area contributed by atoms with Crippen LogP contribution in [0.5, 0.6) is 0 Å². The van der Waals surface area contributed by atoms with Gasteiger partial charge in [0.05, 0.1) is 4.90 Å². The molecule has 6 nitrogen and oxygen atoms in total. The highest BCUT2D eigenvalue weighted by Gasteiger charge is 2.32. The molecule has 1 unspecified atom stereocenters. The van der Waals surface area contributed by atoms with Crippen molar-refractivity contribution in [3.8, 4) is 0 Å². The Morgan fingerprint density at radius 2 is 1.88 bits per heavy atom. The summed E-state index contributed by atoms with van der Waals surface area (Å²) in [6.07, 6.45) is 3.47. The van der Waals surface area contributed by atoms with Gasteiger partial charge in [-0.2, -0.15) is 0 Å². The molecule has 2 fully saturated rings. The molecule has 2 aliphatic heterocycles. The smallest absolute Gasteiger partial charge is 0.253 e. The van der Waals surface area contributed by atoms with Crippen molar-refractivity contribution in [1.29, 1.82) is 0 Å². The van der Waals surface area contributed by atoms with E-state index >= 15 is 0 Å². The molecule has 138 valence electrons. The van der Waals surface area contributed by atoms with Gasteiger partial charge >= 0.3 is 0 Å². The number of hydrogen-bond acceptors (Lipinski definition) is 4. The van der Waals surface area contributed by atoms with Crippen LogP contribution in [0.15, 0.2) is 27.6 Å². The first-order valence-electron chi connectivity index (χ1n) is 8.56. The minimum atomic E-state index is -3.60. The minimum absolute atomic E-state index is 0.0931. The number of nitrogens with zero attached hydrogens (tertiary/aromatic N) is 3. The zero-order valence-corrected chi connectivity index (χ0v) is 17.0. The average molecular weight is 430 g/mol. The summed E-state index contributed by atoms with van der Waals surface area (Å²) in [6.45, 7) is 3.70. The second-order valence-electron chi connectivity index (χ2n) is 6.87. The van der Waals surface area contributed by atoms with Gasteiger partial charge in [-0.3, -0.25) is 9.69 Å². The molecule has 1 aromatic carbocycles. The van der Waals surface area contributed by atoms with Crippen LogP contribution in [-0.2, 0) is 10.0 Å². The Balaban J connectivity index is 1.79. The number of carbonyl (C=O) groups excluding carboxylic acids is 1. The monoisotopic (exact) mass is 429 g/mol. The SMILES string of the molecule is CN(C)S(=O)(=O)c1cc(C(=O)N2CCC(N3CCCC3)C2)ccc1Br. The summed E-state index contributed by atoms with van der Waals surface area (Å²) in [5.41, 5.74) is 0.422. The highest BCUT2D eigenvalue weighted by molar-refractivity contribution is 9.10. The zero-order chi connectivity index (χ0) is 18.2. The van der Waals surface area contributed by atoms with Crippen LogP contribution in [0.2, 0.25) is 0 Å². The molecular formula is C17H24BrN3O3S. The fourth-order valence-electron chi connectivity index (χ4n) is 3.54. The van der Waals surface area contributed by atoms with Gasteiger partial charge in [-0.05, 0) is 66.5 Å². The van der Waals surface area contributed by atoms with E-state index in [4.69, 9.17) is 0 Å². The van der Waals surface area contributed by atoms with Gasteiger partial charge < -0.3 is 4.90 Å². The molecular weight excluding hydrogens is 406 g/mol. The van der Waals surface area contributed by atoms with Gasteiger partial charge in [0.1, 0.15) is 0 Å². The van der Waals surface area contributed by atoms with Crippen LogP contribution in [-0.4, -0.2) is 74.7 Å². The molecule has 1 atom stereocenters. The predicted molar refractivity (Wildman–Crippen MR) is 100 cm³/mol. The first kappa shape index (κ1) is 18.8. The van der Waals surface area contributed by atoms with Gasteiger partial charge in [-0.1, -0.05) is 0 Å². The lowest BCUT2D eigenvalue weighted by atomic mass is 10.2. The molecule has 2 aliphatic rings. The highest BCUT2D eigenvalue weighted by Crippen LogP contribution is 2.27. The summed E-state index contributed by atoms with van der Waals surface area (Å²) in [5, 5.41) is 0. The molecule has 1 amide bonds. The first-order chi connectivity index (χ1) is 11.8. The summed E-state index contributed by atoms with van der Waals surface area (Å²) in [5.74, 6) is -0.0931. The van der Waals surface area contributed by atoms with E-state index in [-0.39, 0.29) is 10.8 Å². The standard InChI is InChI=1S/C17H24BrN3O3S/c1-19(2)25(23,24)16-11-13(5-6-15(16)18)17(22)21-10-7-14(12-21)20-8-3-4-9-20/h5-6,11,14H,3-4,7-10,12H2,1-2H3. The maximum absolute atomic E-state index is 12.9. The van der Waals surface area contributed by atoms with Crippen molar-refractivity contribution in [2.75, 3.05) is 40.3 Å². The Kier molecular flexibility index (Phi) is 5.53. The van der Waals surface area contributed by atoms with E-state index in [0.717, 1.165) is 36.9 Å². The average Bonchev–Trinajstić information content (AvgIpc) is 3.25. The molecule has 0 N–H and O–H groups in total. The van der Waals surface area contributed by atoms with Crippen LogP contribution in [0.1, 0.15) is 29.6 Å². The van der Waals surface area contributed by atoms with Gasteiger partial charge in [0, 0.05) is 43.3 Å². The Hall–Kier alpha value is -0.960. The highest BCUT2D eigenvalue weighted by atomic mass is 79.9. The van der Waals surface area contributed by atoms with E-state index in [0.29, 0.717) is 16.1 Å². The number of benzene rings is 1. The Labute approximate surface area is 158 Å². The van der Waals surface area contributed by atoms with E-state index in [2.05, 4.69) is 20.8 Å². The van der Waals surface area contributed by atoms with Crippen molar-refractivity contribution >= 4 is 31.9 Å². The molecule has 2 heterocycles. The number of carbonyl (C=O) groups is 1. The lowest BCUT2D eigenvalue weighted by molar-refractivity contribution is 0.0780. The van der Waals surface area contributed by atoms with Crippen molar-refractivity contribution in [3.63, 3.8) is 0 Å². The lowest BCUT2D eigenvalue weighted by Gasteiger charge is -2.23. The molecule has 0 saturated carbocycles. The van der Waals surface area contributed by atoms with Gasteiger partial charge in [-0.15, -0.1) is 0 Å². The minimum Gasteiger partial charge on any atom is -0.337 e. The molecule has 2 saturated heterocycles. The lowest BCUT2D eigenvalue weighted by Crippen LogP contribution is -2.37. The molecule has 8 heteroatoms. The zero-order valence-electron chi connectivity index (χ0n) is 14.6. The second kappa shape index (κ2) is 7.34. The number of hydrogen-bond donors (Lipinski definition) is 0. The predicted octanol–water partition coefficient (Wildman–Crippen LogP) is 2.01. The number of amides is 1. The molecule has 0 aliphatic carbocycles. The van der Waals surface area contributed by atoms with Crippen molar-refractivity contribution in [2.45, 2.75) is 30.2 Å². The van der Waals surface area contributed by atoms with E-state index in [1.54, 1.807) is 12.1 Å². The second-order valence-corrected chi connectivity index (χ2v) is 9.84. The van der Waals surface area contributed by atoms with Crippen LogP contribution < -0.4 is 0 Å². The summed E-state index contributed by atoms with van der Waals surface area (Å²) >= 11 is 3.28. The first-order valence-corrected chi connectivity index (χ1v) is 10.8. The molecule has 0 bridgehead atoms. The molecule has 3 rings (SSSR count). The van der Waals surface area contributed by atoms with Gasteiger partial charge in [0.15, 0.2) is 0 Å². The number of likely N-dealkylation sites (tertiary alicyclic amines) is 2. The van der Waals surface area contributed by atoms with Crippen molar-refractivity contribution in [1.82, 2.24) is 14.1 Å². The normalized spacial score (nSPS) is 22.1. The van der Waals surface area contributed by atoms with E-state index < -0.39 is 10.0 Å². The van der Waals surface area contributed by atoms with Crippen LogP contribution in [0, 0.1) is 0 Å². The maximum Gasteiger partial charge on any atom is 0.253 e. The van der Waals surface area contributed by atoms with Crippen LogP contribution in [0.3, 0.4) is 0 Å². The summed E-state index contributed by atoms with van der Waals surface area (Å²) in [6, 6.07) is 5.24. The topological polar surface area (TPSA) is 60.9 Å². The van der Waals surface area contributed by atoms with E-state index in [1.807, 2.05) is 4.90 Å². The summed E-state index contributed by atoms with van der Waals surface area (Å²) in [4.78, 5) is 17.3. The quantitative estimate of drug-likeness (QED) is 0.734. The fraction of sp³-hybridized carbons (Fsp3) is 0.588. The number of halogens is 1.